The number of alkyl halides is 3. The maximum absolute atomic E-state index is 12.2. The second-order valence-electron chi connectivity index (χ2n) is 3.98. The van der Waals surface area contributed by atoms with Crippen LogP contribution in [0.3, 0.4) is 0 Å². The van der Waals surface area contributed by atoms with Crippen LogP contribution in [0.4, 0.5) is 4.79 Å². The summed E-state index contributed by atoms with van der Waals surface area (Å²) in [6.45, 7) is 3.73. The average Bonchev–Trinajstić information content (AvgIpc) is 2.96. The first-order valence-corrected chi connectivity index (χ1v) is 6.37. The van der Waals surface area contributed by atoms with E-state index in [0.717, 1.165) is 9.36 Å². The molecular weight excluding hydrogens is 314 g/mol. The molecule has 0 unspecified atom stereocenters. The van der Waals surface area contributed by atoms with Crippen molar-refractivity contribution in [3.63, 3.8) is 0 Å². The highest BCUT2D eigenvalue weighted by Crippen LogP contribution is 2.37. The molecule has 0 aliphatic carbocycles. The first kappa shape index (κ1) is 14.2. The maximum Gasteiger partial charge on any atom is 0.372 e. The summed E-state index contributed by atoms with van der Waals surface area (Å²) in [4.78, 5) is 19.9. The molecule has 0 radical (unpaired) electrons. The first-order chi connectivity index (χ1) is 8.80. The van der Waals surface area contributed by atoms with Gasteiger partial charge in [0.1, 0.15) is 12.7 Å². The standard InChI is InChI=1S/C9H9Cl3N6O/c1-5(2)6-15-7(9(10,11)12)18(16-6)8(19)17-4-13-3-14-17/h3-5H,1-2H3. The number of carbonyl (C=O) groups is 1. The van der Waals surface area contributed by atoms with Crippen molar-refractivity contribution < 1.29 is 4.79 Å². The van der Waals surface area contributed by atoms with Crippen LogP contribution in [-0.4, -0.2) is 35.6 Å². The minimum atomic E-state index is -1.86. The highest BCUT2D eigenvalue weighted by Gasteiger charge is 2.34. The third-order valence-electron chi connectivity index (χ3n) is 2.19. The molecule has 102 valence electrons. The molecular formula is C9H9Cl3N6O. The Morgan fingerprint density at radius 1 is 1.37 bits per heavy atom. The largest absolute Gasteiger partial charge is 0.372 e. The fourth-order valence-corrected chi connectivity index (χ4v) is 1.66. The fraction of sp³-hybridized carbons (Fsp3) is 0.444. The van der Waals surface area contributed by atoms with Gasteiger partial charge in [-0.3, -0.25) is 0 Å². The lowest BCUT2D eigenvalue weighted by Crippen LogP contribution is -2.26. The molecule has 7 nitrogen and oxygen atoms in total. The van der Waals surface area contributed by atoms with Gasteiger partial charge in [-0.05, 0) is 0 Å². The van der Waals surface area contributed by atoms with Gasteiger partial charge in [0.25, 0.3) is 0 Å². The summed E-state index contributed by atoms with van der Waals surface area (Å²) < 4.78 is 0.0199. The molecule has 0 amide bonds. The Hall–Kier alpha value is -1.18. The van der Waals surface area contributed by atoms with Crippen molar-refractivity contribution in [2.75, 3.05) is 0 Å². The Bertz CT molecular complexity index is 586. The molecule has 0 fully saturated rings. The maximum atomic E-state index is 12.2. The van der Waals surface area contributed by atoms with E-state index >= 15 is 0 Å². The van der Waals surface area contributed by atoms with Gasteiger partial charge in [-0.25, -0.2) is 14.8 Å². The molecule has 0 bridgehead atoms. The van der Waals surface area contributed by atoms with Crippen LogP contribution in [0.5, 0.6) is 0 Å². The number of hydrogen-bond acceptors (Lipinski definition) is 5. The fourth-order valence-electron chi connectivity index (χ4n) is 1.29. The smallest absolute Gasteiger partial charge is 0.243 e. The molecule has 19 heavy (non-hydrogen) atoms. The van der Waals surface area contributed by atoms with Crippen molar-refractivity contribution >= 4 is 40.8 Å². The zero-order chi connectivity index (χ0) is 14.2. The van der Waals surface area contributed by atoms with Gasteiger partial charge in [0.05, 0.1) is 0 Å². The van der Waals surface area contributed by atoms with Gasteiger partial charge in [0, 0.05) is 5.92 Å². The van der Waals surface area contributed by atoms with Crippen LogP contribution in [-0.2, 0) is 3.79 Å². The Morgan fingerprint density at radius 2 is 2.05 bits per heavy atom. The van der Waals surface area contributed by atoms with Gasteiger partial charge in [-0.1, -0.05) is 48.7 Å². The Balaban J connectivity index is 2.52. The second kappa shape index (κ2) is 5.07. The zero-order valence-electron chi connectivity index (χ0n) is 9.96. The number of hydrogen-bond donors (Lipinski definition) is 0. The van der Waals surface area contributed by atoms with Gasteiger partial charge in [0.15, 0.2) is 11.6 Å². The molecule has 0 N–H and O–H groups in total. The van der Waals surface area contributed by atoms with E-state index in [0.29, 0.717) is 5.82 Å². The first-order valence-electron chi connectivity index (χ1n) is 5.24. The van der Waals surface area contributed by atoms with Crippen molar-refractivity contribution in [3.05, 3.63) is 24.3 Å². The van der Waals surface area contributed by atoms with Crippen molar-refractivity contribution in [3.8, 4) is 0 Å². The van der Waals surface area contributed by atoms with E-state index in [-0.39, 0.29) is 11.7 Å². The molecule has 0 saturated carbocycles. The molecule has 0 spiro atoms. The normalized spacial score (nSPS) is 12.1. The van der Waals surface area contributed by atoms with Gasteiger partial charge < -0.3 is 0 Å². The summed E-state index contributed by atoms with van der Waals surface area (Å²) in [5.41, 5.74) is 0. The van der Waals surface area contributed by atoms with E-state index < -0.39 is 9.82 Å². The molecule has 2 aromatic heterocycles. The van der Waals surface area contributed by atoms with E-state index in [1.54, 1.807) is 0 Å². The topological polar surface area (TPSA) is 78.5 Å². The Labute approximate surface area is 123 Å². The molecule has 0 aromatic carbocycles. The molecule has 10 heteroatoms. The SMILES string of the molecule is CC(C)c1nc(C(Cl)(Cl)Cl)n(C(=O)n2cncn2)n1. The minimum Gasteiger partial charge on any atom is -0.243 e. The van der Waals surface area contributed by atoms with Crippen molar-refractivity contribution in [2.45, 2.75) is 23.6 Å². The average molecular weight is 324 g/mol. The molecule has 2 heterocycles. The Morgan fingerprint density at radius 3 is 2.53 bits per heavy atom. The number of rotatable bonds is 1. The van der Waals surface area contributed by atoms with Gasteiger partial charge >= 0.3 is 6.03 Å². The lowest BCUT2D eigenvalue weighted by Gasteiger charge is -2.10. The summed E-state index contributed by atoms with van der Waals surface area (Å²) in [5, 5.41) is 7.75. The number of halogens is 3. The summed E-state index contributed by atoms with van der Waals surface area (Å²) in [6, 6.07) is -0.627. The lowest BCUT2D eigenvalue weighted by molar-refractivity contribution is 0.237. The molecule has 2 aromatic rings. The lowest BCUT2D eigenvalue weighted by atomic mass is 10.2. The van der Waals surface area contributed by atoms with Crippen LogP contribution >= 0.6 is 34.8 Å². The van der Waals surface area contributed by atoms with E-state index in [4.69, 9.17) is 34.8 Å². The molecule has 2 rings (SSSR count). The monoisotopic (exact) mass is 322 g/mol. The van der Waals surface area contributed by atoms with E-state index in [1.165, 1.54) is 12.7 Å². The van der Waals surface area contributed by atoms with Crippen LogP contribution < -0.4 is 0 Å². The van der Waals surface area contributed by atoms with Gasteiger partial charge in [0.2, 0.25) is 3.79 Å². The molecule has 0 saturated heterocycles. The number of nitrogens with zero attached hydrogens (tertiary/aromatic N) is 6. The summed E-state index contributed by atoms with van der Waals surface area (Å²) in [5.74, 6) is 0.299. The summed E-state index contributed by atoms with van der Waals surface area (Å²) in [7, 11) is 0. The van der Waals surface area contributed by atoms with Crippen LogP contribution in [0.2, 0.25) is 0 Å². The molecule has 0 atom stereocenters. The number of carbonyl (C=O) groups excluding carboxylic acids is 1. The van der Waals surface area contributed by atoms with Crippen molar-refractivity contribution in [1.82, 2.24) is 29.5 Å². The van der Waals surface area contributed by atoms with Crippen molar-refractivity contribution in [1.29, 1.82) is 0 Å². The molecule has 0 aliphatic heterocycles. The van der Waals surface area contributed by atoms with Crippen molar-refractivity contribution in [2.24, 2.45) is 0 Å². The Kier molecular flexibility index (Phi) is 3.80. The van der Waals surface area contributed by atoms with Gasteiger partial charge in [-0.2, -0.15) is 14.5 Å². The minimum absolute atomic E-state index is 0.0177. The van der Waals surface area contributed by atoms with E-state index in [1.807, 2.05) is 13.8 Å². The third kappa shape index (κ3) is 2.88. The predicted molar refractivity (Wildman–Crippen MR) is 69.6 cm³/mol. The quantitative estimate of drug-likeness (QED) is 0.753. The molecule has 0 aliphatic rings. The van der Waals surface area contributed by atoms with Crippen LogP contribution in [0.1, 0.15) is 31.4 Å². The summed E-state index contributed by atoms with van der Waals surface area (Å²) >= 11 is 17.4. The summed E-state index contributed by atoms with van der Waals surface area (Å²) in [6.07, 6.45) is 2.44. The highest BCUT2D eigenvalue weighted by molar-refractivity contribution is 6.66. The van der Waals surface area contributed by atoms with Crippen LogP contribution in [0.15, 0.2) is 12.7 Å². The predicted octanol–water partition coefficient (Wildman–Crippen LogP) is 2.34. The second-order valence-corrected chi connectivity index (χ2v) is 6.26. The third-order valence-corrected chi connectivity index (χ3v) is 2.70. The van der Waals surface area contributed by atoms with E-state index in [9.17, 15) is 4.79 Å². The van der Waals surface area contributed by atoms with Gasteiger partial charge in [-0.15, -0.1) is 5.10 Å². The highest BCUT2D eigenvalue weighted by atomic mass is 35.6. The van der Waals surface area contributed by atoms with E-state index in [2.05, 4.69) is 20.2 Å². The number of aromatic nitrogens is 6. The van der Waals surface area contributed by atoms with Crippen LogP contribution in [0, 0.1) is 0 Å². The van der Waals surface area contributed by atoms with Crippen LogP contribution in [0.25, 0.3) is 0 Å². The zero-order valence-corrected chi connectivity index (χ0v) is 12.2.